The Morgan fingerprint density at radius 3 is 1.82 bits per heavy atom. The molecule has 0 bridgehead atoms. The molecule has 0 amide bonds. The molecule has 2 heterocycles. The first-order valence-corrected chi connectivity index (χ1v) is 9.70. The Hall–Kier alpha value is -0.0800. The average Bonchev–Trinajstić information content (AvgIpc) is 2.47. The molecule has 0 saturated carbocycles. The molecule has 22 heavy (non-hydrogen) atoms. The van der Waals surface area contributed by atoms with Crippen molar-refractivity contribution in [2.24, 2.45) is 17.3 Å². The smallest absolute Gasteiger partial charge is 0.0150 e. The molecule has 2 heteroatoms. The first-order valence-electron chi connectivity index (χ1n) is 9.70. The van der Waals surface area contributed by atoms with Crippen molar-refractivity contribution in [2.45, 2.75) is 79.2 Å². The molecule has 2 fully saturated rings. The molecule has 2 saturated heterocycles. The lowest BCUT2D eigenvalue weighted by atomic mass is 9.75. The van der Waals surface area contributed by atoms with Gasteiger partial charge in [0.25, 0.3) is 0 Å². The topological polar surface area (TPSA) is 6.48 Å². The molecule has 0 atom stereocenters. The van der Waals surface area contributed by atoms with E-state index in [9.17, 15) is 0 Å². The largest absolute Gasteiger partial charge is 0.303 e. The fourth-order valence-electron chi connectivity index (χ4n) is 4.29. The van der Waals surface area contributed by atoms with Crippen LogP contribution in [0.25, 0.3) is 0 Å². The molecule has 0 aromatic carbocycles. The number of nitrogens with zero attached hydrogens (tertiary/aromatic N) is 2. The third-order valence-electron chi connectivity index (χ3n) is 6.66. The minimum absolute atomic E-state index is 0.399. The number of likely N-dealkylation sites (tertiary alicyclic amines) is 2. The van der Waals surface area contributed by atoms with Crippen LogP contribution in [0, 0.1) is 17.3 Å². The van der Waals surface area contributed by atoms with E-state index < -0.39 is 0 Å². The Morgan fingerprint density at radius 1 is 0.818 bits per heavy atom. The second kappa shape index (κ2) is 7.21. The second-order valence-corrected chi connectivity index (χ2v) is 9.54. The number of rotatable bonds is 4. The van der Waals surface area contributed by atoms with Crippen LogP contribution in [-0.4, -0.2) is 48.1 Å². The van der Waals surface area contributed by atoms with Crippen molar-refractivity contribution in [2.75, 3.05) is 32.7 Å². The quantitative estimate of drug-likeness (QED) is 0.746. The van der Waals surface area contributed by atoms with Gasteiger partial charge in [-0.2, -0.15) is 0 Å². The molecule has 2 nitrogen and oxygen atoms in total. The van der Waals surface area contributed by atoms with Gasteiger partial charge in [0.1, 0.15) is 0 Å². The van der Waals surface area contributed by atoms with Crippen molar-refractivity contribution in [3.63, 3.8) is 0 Å². The molecule has 0 radical (unpaired) electrons. The summed E-state index contributed by atoms with van der Waals surface area (Å²) in [5, 5.41) is 0. The fraction of sp³-hybridized carbons (Fsp3) is 1.00. The molecule has 2 rings (SSSR count). The Labute approximate surface area is 139 Å². The highest BCUT2D eigenvalue weighted by Gasteiger charge is 2.32. The number of piperidine rings is 2. The first kappa shape index (κ1) is 18.3. The second-order valence-electron chi connectivity index (χ2n) is 9.54. The lowest BCUT2D eigenvalue weighted by molar-refractivity contribution is 0.0494. The summed E-state index contributed by atoms with van der Waals surface area (Å²) < 4.78 is 0. The zero-order valence-electron chi connectivity index (χ0n) is 16.1. The van der Waals surface area contributed by atoms with Gasteiger partial charge in [-0.3, -0.25) is 4.90 Å². The molecule has 0 aromatic rings. The maximum Gasteiger partial charge on any atom is 0.0150 e. The summed E-state index contributed by atoms with van der Waals surface area (Å²) in [5.41, 5.74) is 0.902. The van der Waals surface area contributed by atoms with E-state index >= 15 is 0 Å². The summed E-state index contributed by atoms with van der Waals surface area (Å²) in [4.78, 5) is 5.48. The number of hydrogen-bond donors (Lipinski definition) is 0. The normalized spacial score (nSPS) is 24.8. The standard InChI is InChI=1S/C20H40N2/c1-7-20(5,6)22-14-8-17(9-15-22)16-21-12-10-18(11-13-21)19(2,3)4/h17-18H,7-16H2,1-6H3. The van der Waals surface area contributed by atoms with Gasteiger partial charge in [-0.1, -0.05) is 27.7 Å². The average molecular weight is 309 g/mol. The SMILES string of the molecule is CCC(C)(C)N1CCC(CN2CCC(C(C)(C)C)CC2)CC1. The monoisotopic (exact) mass is 308 g/mol. The van der Waals surface area contributed by atoms with E-state index in [1.165, 1.54) is 64.8 Å². The molecule has 0 aromatic heterocycles. The summed E-state index contributed by atoms with van der Waals surface area (Å²) in [6, 6.07) is 0. The predicted octanol–water partition coefficient (Wildman–Crippen LogP) is 4.65. The Bertz CT molecular complexity index is 326. The molecule has 2 aliphatic rings. The molecule has 0 spiro atoms. The predicted molar refractivity (Wildman–Crippen MR) is 97.3 cm³/mol. The van der Waals surface area contributed by atoms with Crippen LogP contribution in [0.15, 0.2) is 0 Å². The highest BCUT2D eigenvalue weighted by molar-refractivity contribution is 4.86. The molecule has 130 valence electrons. The van der Waals surface area contributed by atoms with Gasteiger partial charge in [-0.15, -0.1) is 0 Å². The van der Waals surface area contributed by atoms with Crippen LogP contribution in [0.4, 0.5) is 0 Å². The van der Waals surface area contributed by atoms with Gasteiger partial charge < -0.3 is 4.90 Å². The van der Waals surface area contributed by atoms with E-state index in [0.29, 0.717) is 11.0 Å². The van der Waals surface area contributed by atoms with Crippen molar-refractivity contribution < 1.29 is 0 Å². The van der Waals surface area contributed by atoms with Crippen LogP contribution in [0.2, 0.25) is 0 Å². The van der Waals surface area contributed by atoms with E-state index in [1.807, 2.05) is 0 Å². The van der Waals surface area contributed by atoms with Gasteiger partial charge in [0.15, 0.2) is 0 Å². The minimum Gasteiger partial charge on any atom is -0.303 e. The summed E-state index contributed by atoms with van der Waals surface area (Å²) >= 11 is 0. The van der Waals surface area contributed by atoms with Crippen molar-refractivity contribution in [1.82, 2.24) is 9.80 Å². The lowest BCUT2D eigenvalue weighted by Crippen LogP contribution is -2.49. The molecular weight excluding hydrogens is 268 g/mol. The minimum atomic E-state index is 0.399. The molecule has 0 N–H and O–H groups in total. The van der Waals surface area contributed by atoms with Crippen LogP contribution in [0.3, 0.4) is 0 Å². The first-order chi connectivity index (χ1) is 10.2. The summed E-state index contributed by atoms with van der Waals surface area (Å²) in [6.45, 7) is 21.0. The highest BCUT2D eigenvalue weighted by atomic mass is 15.2. The van der Waals surface area contributed by atoms with E-state index in [4.69, 9.17) is 0 Å². The third-order valence-corrected chi connectivity index (χ3v) is 6.66. The van der Waals surface area contributed by atoms with Crippen molar-refractivity contribution >= 4 is 0 Å². The van der Waals surface area contributed by atoms with Gasteiger partial charge in [0.2, 0.25) is 0 Å². The van der Waals surface area contributed by atoms with Crippen molar-refractivity contribution in [1.29, 1.82) is 0 Å². The zero-order valence-corrected chi connectivity index (χ0v) is 16.1. The van der Waals surface area contributed by atoms with E-state index in [1.54, 1.807) is 0 Å². The van der Waals surface area contributed by atoms with Crippen LogP contribution >= 0.6 is 0 Å². The Morgan fingerprint density at radius 2 is 1.36 bits per heavy atom. The van der Waals surface area contributed by atoms with Crippen molar-refractivity contribution in [3.05, 3.63) is 0 Å². The Balaban J connectivity index is 1.72. The van der Waals surface area contributed by atoms with Gasteiger partial charge in [-0.25, -0.2) is 0 Å². The molecular formula is C20H40N2. The summed E-state index contributed by atoms with van der Waals surface area (Å²) in [6.07, 6.45) is 6.89. The van der Waals surface area contributed by atoms with E-state index in [2.05, 4.69) is 51.3 Å². The molecule has 2 aliphatic heterocycles. The molecule has 0 aliphatic carbocycles. The van der Waals surface area contributed by atoms with Gasteiger partial charge in [-0.05, 0) is 89.4 Å². The summed E-state index contributed by atoms with van der Waals surface area (Å²) in [5.74, 6) is 1.87. The van der Waals surface area contributed by atoms with E-state index in [-0.39, 0.29) is 0 Å². The van der Waals surface area contributed by atoms with E-state index in [0.717, 1.165) is 11.8 Å². The van der Waals surface area contributed by atoms with Gasteiger partial charge in [0.05, 0.1) is 0 Å². The van der Waals surface area contributed by atoms with Crippen LogP contribution in [0.5, 0.6) is 0 Å². The van der Waals surface area contributed by atoms with Crippen LogP contribution < -0.4 is 0 Å². The van der Waals surface area contributed by atoms with Gasteiger partial charge in [0, 0.05) is 12.1 Å². The molecule has 0 unspecified atom stereocenters. The van der Waals surface area contributed by atoms with Crippen molar-refractivity contribution in [3.8, 4) is 0 Å². The maximum absolute atomic E-state index is 2.76. The highest BCUT2D eigenvalue weighted by Crippen LogP contribution is 2.35. The van der Waals surface area contributed by atoms with Crippen LogP contribution in [0.1, 0.15) is 73.6 Å². The Kier molecular flexibility index (Phi) is 5.99. The van der Waals surface area contributed by atoms with Gasteiger partial charge >= 0.3 is 0 Å². The lowest BCUT2D eigenvalue weighted by Gasteiger charge is -2.44. The van der Waals surface area contributed by atoms with Crippen LogP contribution in [-0.2, 0) is 0 Å². The maximum atomic E-state index is 2.76. The zero-order chi connectivity index (χ0) is 16.4. The third kappa shape index (κ3) is 4.71. The fourth-order valence-corrected chi connectivity index (χ4v) is 4.29. The number of hydrogen-bond acceptors (Lipinski definition) is 2. The summed E-state index contributed by atoms with van der Waals surface area (Å²) in [7, 11) is 0.